The Morgan fingerprint density at radius 3 is 2.35 bits per heavy atom. The molecule has 0 unspecified atom stereocenters. The highest BCUT2D eigenvalue weighted by Crippen LogP contribution is 2.16. The number of allylic oxidation sites excluding steroid dienone is 1. The van der Waals surface area contributed by atoms with Crippen LogP contribution in [0.15, 0.2) is 71.9 Å². The van der Waals surface area contributed by atoms with E-state index in [-0.39, 0.29) is 0 Å². The molecule has 0 bridgehead atoms. The number of fused-ring (bicyclic) bond motifs is 1. The molecule has 7 heteroatoms. The van der Waals surface area contributed by atoms with Crippen molar-refractivity contribution in [2.24, 2.45) is 10.7 Å². The van der Waals surface area contributed by atoms with Crippen molar-refractivity contribution in [2.45, 2.75) is 13.5 Å². The molecule has 0 aliphatic carbocycles. The molecule has 34 heavy (non-hydrogen) atoms. The van der Waals surface area contributed by atoms with Gasteiger partial charge in [0.05, 0.1) is 50.7 Å². The maximum absolute atomic E-state index is 6.10. The Morgan fingerprint density at radius 2 is 1.56 bits per heavy atom. The zero-order valence-corrected chi connectivity index (χ0v) is 19.9. The number of hydrogen-bond donors (Lipinski definition) is 2. The highest BCUT2D eigenvalue weighted by Gasteiger charge is 2.10. The van der Waals surface area contributed by atoms with Crippen LogP contribution in [-0.4, -0.2) is 52.4 Å². The average molecular weight is 464 g/mol. The summed E-state index contributed by atoms with van der Waals surface area (Å²) in [7, 11) is 0. The molecule has 0 aliphatic rings. The van der Waals surface area contributed by atoms with Gasteiger partial charge in [-0.25, -0.2) is 0 Å². The summed E-state index contributed by atoms with van der Waals surface area (Å²) in [5.41, 5.74) is 16.9. The van der Waals surface area contributed by atoms with Gasteiger partial charge in [-0.05, 0) is 24.6 Å². The number of nitrogens with two attached hydrogens (primary N) is 2. The third-order valence-corrected chi connectivity index (χ3v) is 5.36. The molecule has 2 aromatic carbocycles. The highest BCUT2D eigenvalue weighted by atomic mass is 16.5. The number of nitrogens with zero attached hydrogens (tertiary/aromatic N) is 2. The normalized spacial score (nSPS) is 12.1. The summed E-state index contributed by atoms with van der Waals surface area (Å²) in [6.45, 7) is 6.69. The molecular formula is C27H35N4O3+. The summed E-state index contributed by atoms with van der Waals surface area (Å²) in [5.74, 6) is 0. The van der Waals surface area contributed by atoms with Gasteiger partial charge < -0.3 is 25.7 Å². The van der Waals surface area contributed by atoms with E-state index >= 15 is 0 Å². The molecule has 180 valence electrons. The van der Waals surface area contributed by atoms with Crippen molar-refractivity contribution in [3.8, 4) is 0 Å². The fourth-order valence-corrected chi connectivity index (χ4v) is 3.52. The number of ether oxygens (including phenoxy) is 3. The Balaban J connectivity index is 1.19. The zero-order valence-electron chi connectivity index (χ0n) is 19.9. The molecule has 0 fully saturated rings. The lowest BCUT2D eigenvalue weighted by molar-refractivity contribution is -0.673. The average Bonchev–Trinajstić information content (AvgIpc) is 2.85. The largest absolute Gasteiger partial charge is 0.398 e. The molecule has 3 rings (SSSR count). The fourth-order valence-electron chi connectivity index (χ4n) is 3.52. The first-order chi connectivity index (χ1) is 16.7. The van der Waals surface area contributed by atoms with Crippen LogP contribution < -0.4 is 16.0 Å². The lowest BCUT2D eigenvalue weighted by atomic mass is 10.1. The van der Waals surface area contributed by atoms with Crippen LogP contribution in [0.1, 0.15) is 11.1 Å². The van der Waals surface area contributed by atoms with Gasteiger partial charge in [-0.2, -0.15) is 4.57 Å². The predicted molar refractivity (Wildman–Crippen MR) is 138 cm³/mol. The van der Waals surface area contributed by atoms with Crippen molar-refractivity contribution in [1.82, 2.24) is 0 Å². The van der Waals surface area contributed by atoms with Crippen LogP contribution in [0.25, 0.3) is 16.6 Å². The quantitative estimate of drug-likeness (QED) is 0.218. The standard InChI is InChI=1S/C27H34N4O3/c1-22-6-2-3-7-23(22)25(28)10-12-30-13-16-32-18-20-34-21-19-33-17-15-31-14-11-26(29)24-8-4-5-9-27(24)31/h2-12,14,29H,13,15-21H2,1H3,(H2,28,30)/p+1. The third kappa shape index (κ3) is 7.95. The van der Waals surface area contributed by atoms with E-state index in [1.54, 1.807) is 6.21 Å². The number of pyridine rings is 1. The number of aromatic nitrogens is 1. The molecule has 3 aromatic rings. The summed E-state index contributed by atoms with van der Waals surface area (Å²) in [4.78, 5) is 4.31. The molecule has 7 nitrogen and oxygen atoms in total. The van der Waals surface area contributed by atoms with E-state index in [2.05, 4.69) is 15.6 Å². The summed E-state index contributed by atoms with van der Waals surface area (Å²) in [6, 6.07) is 18.1. The van der Waals surface area contributed by atoms with Gasteiger partial charge in [-0.15, -0.1) is 0 Å². The van der Waals surface area contributed by atoms with Crippen LogP contribution in [-0.2, 0) is 20.8 Å². The minimum Gasteiger partial charge on any atom is -0.398 e. The van der Waals surface area contributed by atoms with Gasteiger partial charge in [0.25, 0.3) is 0 Å². The summed E-state index contributed by atoms with van der Waals surface area (Å²) < 4.78 is 18.9. The summed E-state index contributed by atoms with van der Waals surface area (Å²) >= 11 is 0. The highest BCUT2D eigenvalue weighted by molar-refractivity contribution is 5.87. The minimum atomic E-state index is 0.532. The number of rotatable bonds is 14. The van der Waals surface area contributed by atoms with E-state index < -0.39 is 0 Å². The van der Waals surface area contributed by atoms with Gasteiger partial charge in [-0.3, -0.25) is 4.99 Å². The Bertz CT molecular complexity index is 1100. The lowest BCUT2D eigenvalue weighted by Crippen LogP contribution is -2.36. The molecular weight excluding hydrogens is 428 g/mol. The summed E-state index contributed by atoms with van der Waals surface area (Å²) in [5, 5.41) is 1.06. The van der Waals surface area contributed by atoms with Crippen molar-refractivity contribution in [3.63, 3.8) is 0 Å². The van der Waals surface area contributed by atoms with Crippen LogP contribution >= 0.6 is 0 Å². The van der Waals surface area contributed by atoms with Gasteiger partial charge in [0.2, 0.25) is 5.52 Å². The first-order valence-corrected chi connectivity index (χ1v) is 11.6. The maximum Gasteiger partial charge on any atom is 0.214 e. The van der Waals surface area contributed by atoms with E-state index in [0.717, 1.165) is 34.3 Å². The van der Waals surface area contributed by atoms with Crippen LogP contribution in [0.3, 0.4) is 0 Å². The first kappa shape index (κ1) is 25.4. The van der Waals surface area contributed by atoms with Gasteiger partial charge >= 0.3 is 0 Å². The van der Waals surface area contributed by atoms with Gasteiger partial charge in [-0.1, -0.05) is 36.4 Å². The predicted octanol–water partition coefficient (Wildman–Crippen LogP) is 3.14. The lowest BCUT2D eigenvalue weighted by Gasteiger charge is -2.06. The number of para-hydroxylation sites is 1. The Kier molecular flexibility index (Phi) is 10.5. The van der Waals surface area contributed by atoms with E-state index in [9.17, 15) is 0 Å². The minimum absolute atomic E-state index is 0.532. The number of aliphatic imine (C=N–C) groups is 1. The van der Waals surface area contributed by atoms with Crippen LogP contribution in [0.4, 0.5) is 5.69 Å². The molecule has 1 heterocycles. The van der Waals surface area contributed by atoms with Crippen LogP contribution in [0.5, 0.6) is 0 Å². The Hall–Kier alpha value is -3.26. The molecule has 0 saturated heterocycles. The number of nitrogen functional groups attached to an aromatic ring is 1. The number of anilines is 1. The number of hydrogen-bond acceptors (Lipinski definition) is 6. The van der Waals surface area contributed by atoms with Crippen LogP contribution in [0, 0.1) is 6.92 Å². The SMILES string of the molecule is Cc1ccccc1/C(N)=C\C=NCCOCCOCCOCC[n+]1ccc(N)c2ccccc21. The smallest absolute Gasteiger partial charge is 0.214 e. The molecule has 0 spiro atoms. The van der Waals surface area contributed by atoms with Gasteiger partial charge in [0.15, 0.2) is 12.7 Å². The topological polar surface area (TPSA) is 96.0 Å². The van der Waals surface area contributed by atoms with Crippen molar-refractivity contribution in [3.05, 3.63) is 78.0 Å². The molecule has 0 radical (unpaired) electrons. The fraction of sp³-hybridized carbons (Fsp3) is 0.333. The summed E-state index contributed by atoms with van der Waals surface area (Å²) in [6.07, 6.45) is 5.54. The molecule has 0 saturated carbocycles. The molecule has 0 aliphatic heterocycles. The molecule has 0 atom stereocenters. The molecule has 4 N–H and O–H groups in total. The van der Waals surface area contributed by atoms with Gasteiger partial charge in [0.1, 0.15) is 6.61 Å². The second kappa shape index (κ2) is 14.1. The third-order valence-electron chi connectivity index (χ3n) is 5.36. The maximum atomic E-state index is 6.10. The number of aryl methyl sites for hydroxylation is 1. The van der Waals surface area contributed by atoms with Crippen molar-refractivity contribution < 1.29 is 18.8 Å². The van der Waals surface area contributed by atoms with E-state index in [0.29, 0.717) is 51.9 Å². The van der Waals surface area contributed by atoms with Crippen molar-refractivity contribution >= 4 is 28.5 Å². The zero-order chi connectivity index (χ0) is 24.0. The molecule has 1 aromatic heterocycles. The van der Waals surface area contributed by atoms with E-state index in [1.165, 1.54) is 0 Å². The first-order valence-electron chi connectivity index (χ1n) is 11.6. The van der Waals surface area contributed by atoms with Crippen LogP contribution in [0.2, 0.25) is 0 Å². The van der Waals surface area contributed by atoms with E-state index in [4.69, 9.17) is 25.7 Å². The van der Waals surface area contributed by atoms with Crippen molar-refractivity contribution in [2.75, 3.05) is 51.9 Å². The second-order valence-corrected chi connectivity index (χ2v) is 7.81. The second-order valence-electron chi connectivity index (χ2n) is 7.81. The van der Waals surface area contributed by atoms with Crippen molar-refractivity contribution in [1.29, 1.82) is 0 Å². The van der Waals surface area contributed by atoms with E-state index in [1.807, 2.05) is 67.7 Å². The Morgan fingerprint density at radius 1 is 0.882 bits per heavy atom. The Labute approximate surface area is 201 Å². The number of benzene rings is 2. The monoisotopic (exact) mass is 463 g/mol. The van der Waals surface area contributed by atoms with Gasteiger partial charge in [0, 0.05) is 29.6 Å². The molecule has 0 amide bonds.